The molecular weight excluding hydrogens is 466 g/mol. The van der Waals surface area contributed by atoms with Gasteiger partial charge in [0.05, 0.1) is 30.0 Å². The van der Waals surface area contributed by atoms with E-state index in [0.717, 1.165) is 32.1 Å². The maximum absolute atomic E-state index is 14.3. The molecule has 0 radical (unpaired) electrons. The van der Waals surface area contributed by atoms with E-state index in [1.54, 1.807) is 31.4 Å². The van der Waals surface area contributed by atoms with E-state index in [0.29, 0.717) is 23.8 Å². The van der Waals surface area contributed by atoms with E-state index in [9.17, 15) is 19.5 Å². The van der Waals surface area contributed by atoms with Crippen LogP contribution in [0.4, 0.5) is 5.69 Å². The molecule has 0 aromatic heterocycles. The van der Waals surface area contributed by atoms with Crippen LogP contribution in [0.25, 0.3) is 0 Å². The quantitative estimate of drug-likeness (QED) is 0.419. The predicted octanol–water partition coefficient (Wildman–Crippen LogP) is 5.71. The van der Waals surface area contributed by atoms with Gasteiger partial charge in [-0.2, -0.15) is 0 Å². The van der Waals surface area contributed by atoms with Gasteiger partial charge in [-0.1, -0.05) is 38.8 Å². The van der Waals surface area contributed by atoms with Crippen molar-refractivity contribution in [2.24, 2.45) is 51.8 Å². The topological polar surface area (TPSA) is 83.9 Å². The maximum Gasteiger partial charge on any atom is 0.309 e. The Hall–Kier alpha value is -2.63. The lowest BCUT2D eigenvalue weighted by Gasteiger charge is -2.68. The van der Waals surface area contributed by atoms with Crippen LogP contribution in [-0.2, 0) is 14.4 Å². The van der Waals surface area contributed by atoms with Crippen molar-refractivity contribution in [3.05, 3.63) is 35.9 Å². The van der Waals surface area contributed by atoms with Gasteiger partial charge >= 0.3 is 5.97 Å². The van der Waals surface area contributed by atoms with Crippen molar-refractivity contribution < 1.29 is 24.2 Å². The number of carbonyl (C=O) groups excluding carboxylic acids is 2. The number of rotatable bonds is 4. The molecule has 8 atom stereocenters. The Kier molecular flexibility index (Phi) is 5.30. The minimum absolute atomic E-state index is 0.0326. The van der Waals surface area contributed by atoms with Crippen LogP contribution in [0.3, 0.4) is 0 Å². The Morgan fingerprint density at radius 3 is 2.38 bits per heavy atom. The first-order valence-corrected chi connectivity index (χ1v) is 14.0. The molecule has 6 nitrogen and oxygen atoms in total. The summed E-state index contributed by atoms with van der Waals surface area (Å²) in [6, 6.07) is 7.20. The monoisotopic (exact) mass is 505 g/mol. The summed E-state index contributed by atoms with van der Waals surface area (Å²) >= 11 is 0. The Morgan fingerprint density at radius 1 is 1.05 bits per heavy atom. The number of benzene rings is 1. The molecule has 1 heterocycles. The largest absolute Gasteiger partial charge is 0.497 e. The highest BCUT2D eigenvalue weighted by Crippen LogP contribution is 2.74. The summed E-state index contributed by atoms with van der Waals surface area (Å²) in [5.41, 5.74) is 0.645. The highest BCUT2D eigenvalue weighted by atomic mass is 16.5. The van der Waals surface area contributed by atoms with Crippen molar-refractivity contribution in [1.29, 1.82) is 0 Å². The molecular formula is C31H39NO5. The van der Waals surface area contributed by atoms with Crippen molar-refractivity contribution in [1.82, 2.24) is 0 Å². The molecule has 6 heteroatoms. The van der Waals surface area contributed by atoms with Gasteiger partial charge < -0.3 is 9.84 Å². The lowest BCUT2D eigenvalue weighted by Crippen LogP contribution is -2.65. The van der Waals surface area contributed by atoms with Gasteiger partial charge in [-0.05, 0) is 92.4 Å². The van der Waals surface area contributed by atoms with E-state index >= 15 is 0 Å². The number of carboxylic acids is 1. The maximum atomic E-state index is 14.3. The van der Waals surface area contributed by atoms with Gasteiger partial charge in [0.25, 0.3) is 0 Å². The second-order valence-corrected chi connectivity index (χ2v) is 13.2. The third kappa shape index (κ3) is 3.01. The van der Waals surface area contributed by atoms with E-state index in [4.69, 9.17) is 4.74 Å². The number of carboxylic acid groups (broad SMARTS) is 1. The smallest absolute Gasteiger partial charge is 0.309 e. The fraction of sp³-hybridized carbons (Fsp3) is 0.645. The van der Waals surface area contributed by atoms with Gasteiger partial charge in [0, 0.05) is 5.41 Å². The molecule has 1 saturated heterocycles. The average molecular weight is 506 g/mol. The standard InChI is InChI=1S/C31H39NO5/c1-17(2)21-16-31-14-11-22-29(3,12-6-13-30(22,4)28(35)36)23(31)15-20(21)24-25(31)27(34)32(26(24)33)18-7-9-19(37-5)10-8-18/h7-10,16-17,20,22-25H,6,11-15H2,1-5H3,(H,35,36)/t20-,22+,23-,24+,25-,29-,30+,31-/m0/s1. The third-order valence-electron chi connectivity index (χ3n) is 11.5. The number of anilines is 1. The lowest BCUT2D eigenvalue weighted by atomic mass is 9.34. The molecule has 3 saturated carbocycles. The fourth-order valence-corrected chi connectivity index (χ4v) is 9.94. The Bertz CT molecular complexity index is 1200. The predicted molar refractivity (Wildman–Crippen MR) is 140 cm³/mol. The summed E-state index contributed by atoms with van der Waals surface area (Å²) in [4.78, 5) is 42.3. The highest BCUT2D eigenvalue weighted by molar-refractivity contribution is 6.23. The Balaban J connectivity index is 1.47. The van der Waals surface area contributed by atoms with E-state index in [1.807, 2.05) is 6.92 Å². The van der Waals surface area contributed by atoms with E-state index in [-0.39, 0.29) is 46.8 Å². The first-order valence-electron chi connectivity index (χ1n) is 14.0. The van der Waals surface area contributed by atoms with Crippen LogP contribution < -0.4 is 9.64 Å². The summed E-state index contributed by atoms with van der Waals surface area (Å²) in [5, 5.41) is 10.3. The van der Waals surface area contributed by atoms with Crippen molar-refractivity contribution >= 4 is 23.5 Å². The van der Waals surface area contributed by atoms with Crippen LogP contribution in [-0.4, -0.2) is 30.0 Å². The summed E-state index contributed by atoms with van der Waals surface area (Å²) < 4.78 is 5.29. The highest BCUT2D eigenvalue weighted by Gasteiger charge is 2.73. The van der Waals surface area contributed by atoms with Crippen molar-refractivity contribution in [2.45, 2.75) is 66.2 Å². The van der Waals surface area contributed by atoms with Gasteiger partial charge in [-0.25, -0.2) is 0 Å². The van der Waals surface area contributed by atoms with Gasteiger partial charge in [-0.3, -0.25) is 19.3 Å². The Labute approximate surface area is 219 Å². The lowest BCUT2D eigenvalue weighted by molar-refractivity contribution is -0.194. The second-order valence-electron chi connectivity index (χ2n) is 13.2. The molecule has 4 fully saturated rings. The number of methoxy groups -OCH3 is 1. The molecule has 1 N–H and O–H groups in total. The number of allylic oxidation sites excluding steroid dienone is 2. The SMILES string of the molecule is COc1ccc(N2C(=O)[C@H]3[C@@H](C2=O)[C@@]24C=C(C(C)C)[C@@H]3C[C@H]2[C@@]2(C)CCC[C@@](C)(C(=O)O)[C@@H]2CC4)cc1. The molecule has 0 unspecified atom stereocenters. The summed E-state index contributed by atoms with van der Waals surface area (Å²) in [5.74, 6) is -0.213. The van der Waals surface area contributed by atoms with Gasteiger partial charge in [0.1, 0.15) is 5.75 Å². The molecule has 1 aliphatic heterocycles. The number of amides is 2. The molecule has 6 aliphatic rings. The van der Waals surface area contributed by atoms with E-state index in [2.05, 4.69) is 26.8 Å². The number of nitrogens with zero attached hydrogens (tertiary/aromatic N) is 1. The van der Waals surface area contributed by atoms with Crippen molar-refractivity contribution in [2.75, 3.05) is 12.0 Å². The van der Waals surface area contributed by atoms with Crippen LogP contribution in [0.1, 0.15) is 66.2 Å². The molecule has 2 bridgehead atoms. The second kappa shape index (κ2) is 7.94. The third-order valence-corrected chi connectivity index (χ3v) is 11.5. The number of carbonyl (C=O) groups is 3. The summed E-state index contributed by atoms with van der Waals surface area (Å²) in [6.45, 7) is 8.66. The zero-order valence-corrected chi connectivity index (χ0v) is 22.6. The average Bonchev–Trinajstić information content (AvgIpc) is 3.15. The van der Waals surface area contributed by atoms with E-state index < -0.39 is 16.8 Å². The summed E-state index contributed by atoms with van der Waals surface area (Å²) in [7, 11) is 1.60. The van der Waals surface area contributed by atoms with Gasteiger partial charge in [-0.15, -0.1) is 0 Å². The van der Waals surface area contributed by atoms with Crippen LogP contribution in [0, 0.1) is 51.8 Å². The number of imide groups is 1. The number of aliphatic carboxylic acids is 1. The molecule has 5 aliphatic carbocycles. The van der Waals surface area contributed by atoms with Crippen molar-refractivity contribution in [3.63, 3.8) is 0 Å². The number of ether oxygens (including phenoxy) is 1. The van der Waals surface area contributed by atoms with E-state index in [1.165, 1.54) is 10.5 Å². The molecule has 198 valence electrons. The first kappa shape index (κ1) is 24.7. The van der Waals surface area contributed by atoms with Crippen LogP contribution in [0.15, 0.2) is 35.9 Å². The summed E-state index contributed by atoms with van der Waals surface area (Å²) in [6.07, 6.45) is 7.47. The minimum Gasteiger partial charge on any atom is -0.497 e. The van der Waals surface area contributed by atoms with Crippen LogP contribution in [0.5, 0.6) is 5.75 Å². The molecule has 1 aromatic rings. The molecule has 7 rings (SSSR count). The fourth-order valence-electron chi connectivity index (χ4n) is 9.94. The zero-order chi connectivity index (χ0) is 26.5. The molecule has 37 heavy (non-hydrogen) atoms. The molecule has 1 spiro atoms. The molecule has 1 aromatic carbocycles. The zero-order valence-electron chi connectivity index (χ0n) is 22.6. The number of hydrogen-bond donors (Lipinski definition) is 1. The van der Waals surface area contributed by atoms with Crippen LogP contribution >= 0.6 is 0 Å². The van der Waals surface area contributed by atoms with Crippen molar-refractivity contribution in [3.8, 4) is 5.75 Å². The first-order chi connectivity index (χ1) is 17.5. The van der Waals surface area contributed by atoms with Gasteiger partial charge in [0.2, 0.25) is 11.8 Å². The number of hydrogen-bond acceptors (Lipinski definition) is 4. The normalized spacial score (nSPS) is 42.3. The van der Waals surface area contributed by atoms with Crippen LogP contribution in [0.2, 0.25) is 0 Å². The molecule has 2 amide bonds. The minimum atomic E-state index is -0.736. The Morgan fingerprint density at radius 2 is 1.76 bits per heavy atom. The van der Waals surface area contributed by atoms with Gasteiger partial charge in [0.15, 0.2) is 0 Å². The number of fused-ring (bicyclic) bond motifs is 1.